The van der Waals surface area contributed by atoms with Crippen LogP contribution in [0.3, 0.4) is 0 Å². The van der Waals surface area contributed by atoms with Crippen LogP contribution in [0.15, 0.2) is 29.6 Å². The maximum atomic E-state index is 6.27. The lowest BCUT2D eigenvalue weighted by Gasteiger charge is -2.09. The Morgan fingerprint density at radius 2 is 2.15 bits per heavy atom. The molecule has 0 bridgehead atoms. The van der Waals surface area contributed by atoms with E-state index in [1.807, 2.05) is 26.0 Å². The van der Waals surface area contributed by atoms with Crippen LogP contribution in [-0.4, -0.2) is 14.5 Å². The molecule has 3 nitrogen and oxygen atoms in total. The number of imidazole rings is 1. The molecule has 0 aliphatic carbocycles. The zero-order valence-electron chi connectivity index (χ0n) is 11.5. The topological polar surface area (TPSA) is 30.7 Å². The predicted octanol–water partition coefficient (Wildman–Crippen LogP) is 4.34. The van der Waals surface area contributed by atoms with E-state index < -0.39 is 0 Å². The fourth-order valence-electron chi connectivity index (χ4n) is 2.31. The van der Waals surface area contributed by atoms with Crippen molar-refractivity contribution >= 4 is 34.1 Å². The Bertz CT molecular complexity index is 716. The van der Waals surface area contributed by atoms with Gasteiger partial charge in [-0.15, -0.1) is 22.9 Å². The number of aromatic nitrogens is 3. The molecule has 3 rings (SSSR count). The second-order valence-corrected chi connectivity index (χ2v) is 6.55. The number of fused-ring (bicyclic) bond motifs is 1. The lowest BCUT2D eigenvalue weighted by molar-refractivity contribution is 0.667. The van der Waals surface area contributed by atoms with Gasteiger partial charge < -0.3 is 4.57 Å². The molecule has 1 unspecified atom stereocenters. The molecule has 0 spiro atoms. The van der Waals surface area contributed by atoms with Crippen molar-refractivity contribution in [1.29, 1.82) is 0 Å². The number of nitrogens with zero attached hydrogens (tertiary/aromatic N) is 3. The number of hydrogen-bond donors (Lipinski definition) is 0. The quantitative estimate of drug-likeness (QED) is 0.671. The van der Waals surface area contributed by atoms with E-state index in [9.17, 15) is 0 Å². The fourth-order valence-corrected chi connectivity index (χ4v) is 3.18. The van der Waals surface area contributed by atoms with E-state index >= 15 is 0 Å². The van der Waals surface area contributed by atoms with Gasteiger partial charge in [-0.1, -0.05) is 6.07 Å². The molecule has 0 radical (unpaired) electrons. The average molecular weight is 306 g/mol. The zero-order chi connectivity index (χ0) is 14.1. The van der Waals surface area contributed by atoms with Gasteiger partial charge in [-0.25, -0.2) is 9.97 Å². The van der Waals surface area contributed by atoms with E-state index in [2.05, 4.69) is 32.0 Å². The average Bonchev–Trinajstić information content (AvgIpc) is 3.03. The molecule has 3 aromatic rings. The second-order valence-electron chi connectivity index (χ2n) is 4.86. The molecular weight excluding hydrogens is 290 g/mol. The van der Waals surface area contributed by atoms with E-state index in [1.165, 1.54) is 4.88 Å². The largest absolute Gasteiger partial charge is 0.311 e. The first-order valence-corrected chi connectivity index (χ1v) is 7.97. The summed E-state index contributed by atoms with van der Waals surface area (Å²) in [5.74, 6) is 0.899. The van der Waals surface area contributed by atoms with Gasteiger partial charge in [0.2, 0.25) is 0 Å². The van der Waals surface area contributed by atoms with Crippen molar-refractivity contribution in [1.82, 2.24) is 14.5 Å². The van der Waals surface area contributed by atoms with E-state index in [1.54, 1.807) is 11.3 Å². The molecule has 0 aromatic carbocycles. The number of hydrogen-bond acceptors (Lipinski definition) is 3. The minimum absolute atomic E-state index is 0.118. The van der Waals surface area contributed by atoms with Gasteiger partial charge in [0, 0.05) is 17.1 Å². The zero-order valence-corrected chi connectivity index (χ0v) is 13.1. The minimum Gasteiger partial charge on any atom is -0.311 e. The van der Waals surface area contributed by atoms with Crippen molar-refractivity contribution in [3.05, 3.63) is 46.0 Å². The molecule has 0 aliphatic heterocycles. The lowest BCUT2D eigenvalue weighted by atomic mass is 10.3. The molecule has 3 aromatic heterocycles. The molecule has 1 atom stereocenters. The SMILES string of the molecule is Cc1ccc2nc(C(C)Cl)n(CCc3cccs3)c2n1. The number of halogens is 1. The van der Waals surface area contributed by atoms with Crippen LogP contribution in [0, 0.1) is 6.92 Å². The Balaban J connectivity index is 2.01. The molecule has 3 heterocycles. The molecule has 20 heavy (non-hydrogen) atoms. The molecule has 0 N–H and O–H groups in total. The predicted molar refractivity (Wildman–Crippen MR) is 84.6 cm³/mol. The highest BCUT2D eigenvalue weighted by molar-refractivity contribution is 7.09. The summed E-state index contributed by atoms with van der Waals surface area (Å²) in [6.45, 7) is 4.82. The molecular formula is C15H16ClN3S. The van der Waals surface area contributed by atoms with Gasteiger partial charge in [-0.3, -0.25) is 0 Å². The summed E-state index contributed by atoms with van der Waals surface area (Å²) in [5, 5.41) is 1.99. The van der Waals surface area contributed by atoms with Crippen molar-refractivity contribution < 1.29 is 0 Å². The molecule has 0 saturated carbocycles. The first-order chi connectivity index (χ1) is 9.65. The maximum absolute atomic E-state index is 6.27. The van der Waals surface area contributed by atoms with Crippen LogP contribution in [-0.2, 0) is 13.0 Å². The van der Waals surface area contributed by atoms with Gasteiger partial charge in [0.05, 0.1) is 5.38 Å². The number of alkyl halides is 1. The summed E-state index contributed by atoms with van der Waals surface area (Å²) in [6, 6.07) is 8.25. The monoisotopic (exact) mass is 305 g/mol. The van der Waals surface area contributed by atoms with Crippen LogP contribution in [0.4, 0.5) is 0 Å². The van der Waals surface area contributed by atoms with Crippen molar-refractivity contribution in [2.75, 3.05) is 0 Å². The van der Waals surface area contributed by atoms with Crippen molar-refractivity contribution in [2.45, 2.75) is 32.2 Å². The highest BCUT2D eigenvalue weighted by Crippen LogP contribution is 2.24. The van der Waals surface area contributed by atoms with Crippen molar-refractivity contribution in [3.8, 4) is 0 Å². The Labute approximate surface area is 127 Å². The molecule has 104 valence electrons. The number of pyridine rings is 1. The van der Waals surface area contributed by atoms with Gasteiger partial charge in [0.1, 0.15) is 11.3 Å². The third-order valence-corrected chi connectivity index (χ3v) is 4.41. The number of rotatable bonds is 4. The Hall–Kier alpha value is -1.39. The first kappa shape index (κ1) is 13.6. The van der Waals surface area contributed by atoms with Crippen LogP contribution in [0.1, 0.15) is 28.7 Å². The highest BCUT2D eigenvalue weighted by atomic mass is 35.5. The standard InChI is InChI=1S/C15H16ClN3S/c1-10-5-6-13-15(17-10)19(14(18-13)11(2)16)8-7-12-4-3-9-20-12/h3-6,9,11H,7-8H2,1-2H3. The highest BCUT2D eigenvalue weighted by Gasteiger charge is 2.16. The second kappa shape index (κ2) is 5.54. The van der Waals surface area contributed by atoms with Crippen LogP contribution < -0.4 is 0 Å². The van der Waals surface area contributed by atoms with Crippen molar-refractivity contribution in [3.63, 3.8) is 0 Å². The molecule has 0 fully saturated rings. The summed E-state index contributed by atoms with van der Waals surface area (Å²) in [4.78, 5) is 10.6. The van der Waals surface area contributed by atoms with Crippen LogP contribution >= 0.6 is 22.9 Å². The fraction of sp³-hybridized carbons (Fsp3) is 0.333. The lowest BCUT2D eigenvalue weighted by Crippen LogP contribution is -2.07. The maximum Gasteiger partial charge on any atom is 0.160 e. The van der Waals surface area contributed by atoms with E-state index in [0.717, 1.165) is 35.6 Å². The Morgan fingerprint density at radius 3 is 2.85 bits per heavy atom. The molecule has 0 amide bonds. The third-order valence-electron chi connectivity index (χ3n) is 3.28. The summed E-state index contributed by atoms with van der Waals surface area (Å²) in [7, 11) is 0. The van der Waals surface area contributed by atoms with E-state index in [-0.39, 0.29) is 5.38 Å². The molecule has 0 aliphatic rings. The number of aryl methyl sites for hydroxylation is 3. The number of thiophene rings is 1. The van der Waals surface area contributed by atoms with Crippen LogP contribution in [0.2, 0.25) is 0 Å². The Morgan fingerprint density at radius 1 is 1.30 bits per heavy atom. The normalized spacial score (nSPS) is 12.9. The van der Waals surface area contributed by atoms with Gasteiger partial charge >= 0.3 is 0 Å². The van der Waals surface area contributed by atoms with Gasteiger partial charge in [-0.2, -0.15) is 0 Å². The van der Waals surface area contributed by atoms with Gasteiger partial charge in [-0.05, 0) is 43.8 Å². The molecule has 5 heteroatoms. The Kier molecular flexibility index (Phi) is 3.76. The van der Waals surface area contributed by atoms with E-state index in [4.69, 9.17) is 11.6 Å². The van der Waals surface area contributed by atoms with Crippen LogP contribution in [0.25, 0.3) is 11.2 Å². The summed E-state index contributed by atoms with van der Waals surface area (Å²) in [5.41, 5.74) is 2.86. The van der Waals surface area contributed by atoms with Crippen molar-refractivity contribution in [2.24, 2.45) is 0 Å². The molecule has 0 saturated heterocycles. The van der Waals surface area contributed by atoms with Gasteiger partial charge in [0.25, 0.3) is 0 Å². The minimum atomic E-state index is -0.118. The summed E-state index contributed by atoms with van der Waals surface area (Å²) < 4.78 is 2.15. The summed E-state index contributed by atoms with van der Waals surface area (Å²) >= 11 is 8.05. The van der Waals surface area contributed by atoms with E-state index in [0.29, 0.717) is 0 Å². The van der Waals surface area contributed by atoms with Crippen LogP contribution in [0.5, 0.6) is 0 Å². The third kappa shape index (κ3) is 2.58. The van der Waals surface area contributed by atoms with Gasteiger partial charge in [0.15, 0.2) is 5.65 Å². The smallest absolute Gasteiger partial charge is 0.160 e. The summed E-state index contributed by atoms with van der Waals surface area (Å²) in [6.07, 6.45) is 0.982. The first-order valence-electron chi connectivity index (χ1n) is 6.65.